The number of piperidine rings is 1. The van der Waals surface area contributed by atoms with E-state index >= 15 is 0 Å². The first-order valence-electron chi connectivity index (χ1n) is 11.8. The predicted octanol–water partition coefficient (Wildman–Crippen LogP) is 1.13. The summed E-state index contributed by atoms with van der Waals surface area (Å²) in [4.78, 5) is 29.0. The van der Waals surface area contributed by atoms with Crippen LogP contribution >= 0.6 is 0 Å². The zero-order valence-electron chi connectivity index (χ0n) is 19.3. The molecule has 3 N–H and O–H groups in total. The summed E-state index contributed by atoms with van der Waals surface area (Å²) >= 11 is 0. The van der Waals surface area contributed by atoms with E-state index in [0.717, 1.165) is 35.9 Å². The average Bonchev–Trinajstić information content (AvgIpc) is 3.67. The number of nitrogens with one attached hydrogen (secondary N) is 1. The number of halogens is 3. The third kappa shape index (κ3) is 5.63. The van der Waals surface area contributed by atoms with Crippen molar-refractivity contribution >= 4 is 27.5 Å². The minimum atomic E-state index is -5.06. The average molecular weight is 518 g/mol. The van der Waals surface area contributed by atoms with Gasteiger partial charge in [-0.05, 0) is 37.8 Å². The Kier molecular flexibility index (Phi) is 7.41. The number of sulfonamides is 1. The van der Waals surface area contributed by atoms with Crippen LogP contribution in [0.2, 0.25) is 0 Å². The summed E-state index contributed by atoms with van der Waals surface area (Å²) in [7, 11) is -4.81. The standard InChI is InChI=1S/C22H30F3N5O4S/c23-22(24,25)20-17(30-9-2-1-6-19(30)31)4-3-5-18(20)35(33,34)27-16(14-26)21(32)29-12-10-28(11-13-29)15-7-8-15/h3-5,15-16,27H,1-2,6-14,26H2/t16-/m0/s1. The van der Waals surface area contributed by atoms with Crippen molar-refractivity contribution in [2.24, 2.45) is 5.73 Å². The first kappa shape index (κ1) is 25.9. The molecule has 3 aliphatic rings. The van der Waals surface area contributed by atoms with Crippen LogP contribution in [0.1, 0.15) is 37.7 Å². The number of amides is 2. The van der Waals surface area contributed by atoms with Crippen molar-refractivity contribution < 1.29 is 31.2 Å². The molecule has 13 heteroatoms. The second-order valence-electron chi connectivity index (χ2n) is 9.15. The molecule has 1 saturated carbocycles. The number of piperazine rings is 1. The highest BCUT2D eigenvalue weighted by molar-refractivity contribution is 7.89. The van der Waals surface area contributed by atoms with E-state index in [1.165, 1.54) is 4.90 Å². The van der Waals surface area contributed by atoms with Gasteiger partial charge < -0.3 is 15.5 Å². The summed E-state index contributed by atoms with van der Waals surface area (Å²) in [6.45, 7) is 1.76. The van der Waals surface area contributed by atoms with Gasteiger partial charge in [0.15, 0.2) is 0 Å². The molecule has 4 rings (SSSR count). The van der Waals surface area contributed by atoms with E-state index in [9.17, 15) is 31.2 Å². The molecule has 1 aromatic carbocycles. The lowest BCUT2D eigenvalue weighted by molar-refractivity contribution is -0.139. The van der Waals surface area contributed by atoms with Gasteiger partial charge >= 0.3 is 6.18 Å². The van der Waals surface area contributed by atoms with Crippen molar-refractivity contribution in [3.8, 4) is 0 Å². The Balaban J connectivity index is 1.59. The second kappa shape index (κ2) is 10.0. The van der Waals surface area contributed by atoms with Crippen molar-refractivity contribution in [3.63, 3.8) is 0 Å². The van der Waals surface area contributed by atoms with Gasteiger partial charge in [-0.1, -0.05) is 6.07 Å². The van der Waals surface area contributed by atoms with Crippen molar-refractivity contribution in [1.82, 2.24) is 14.5 Å². The lowest BCUT2D eigenvalue weighted by Crippen LogP contribution is -2.57. The molecule has 2 heterocycles. The monoisotopic (exact) mass is 517 g/mol. The number of rotatable bonds is 7. The van der Waals surface area contributed by atoms with Crippen LogP contribution in [0.25, 0.3) is 0 Å². The lowest BCUT2D eigenvalue weighted by atomic mass is 10.1. The maximum absolute atomic E-state index is 14.2. The second-order valence-corrected chi connectivity index (χ2v) is 10.8. The molecule has 9 nitrogen and oxygen atoms in total. The summed E-state index contributed by atoms with van der Waals surface area (Å²) in [5.74, 6) is -1.06. The fraction of sp³-hybridized carbons (Fsp3) is 0.636. The molecule has 194 valence electrons. The molecule has 0 aromatic heterocycles. The highest BCUT2D eigenvalue weighted by atomic mass is 32.2. The van der Waals surface area contributed by atoms with Crippen molar-refractivity contribution in [2.75, 3.05) is 44.2 Å². The van der Waals surface area contributed by atoms with Crippen LogP contribution in [-0.2, 0) is 25.8 Å². The zero-order valence-corrected chi connectivity index (χ0v) is 20.1. The molecule has 2 amide bonds. The molecule has 1 aliphatic carbocycles. The Bertz CT molecular complexity index is 1070. The highest BCUT2D eigenvalue weighted by Crippen LogP contribution is 2.41. The van der Waals surface area contributed by atoms with Crippen LogP contribution in [0.3, 0.4) is 0 Å². The SMILES string of the molecule is NC[C@H](NS(=O)(=O)c1cccc(N2CCCCC2=O)c1C(F)(F)F)C(=O)N1CCN(C2CC2)CC1. The number of nitrogens with two attached hydrogens (primary N) is 1. The van der Waals surface area contributed by atoms with E-state index in [4.69, 9.17) is 5.73 Å². The largest absolute Gasteiger partial charge is 0.419 e. The molecule has 1 aromatic rings. The molecule has 1 atom stereocenters. The lowest BCUT2D eigenvalue weighted by Gasteiger charge is -2.36. The topological polar surface area (TPSA) is 116 Å². The number of nitrogens with zero attached hydrogens (tertiary/aromatic N) is 3. The highest BCUT2D eigenvalue weighted by Gasteiger charge is 2.43. The Morgan fingerprint density at radius 2 is 1.80 bits per heavy atom. The number of hydrogen-bond donors (Lipinski definition) is 2. The Morgan fingerprint density at radius 1 is 1.11 bits per heavy atom. The van der Waals surface area contributed by atoms with Gasteiger partial charge in [-0.2, -0.15) is 17.9 Å². The third-order valence-electron chi connectivity index (χ3n) is 6.71. The van der Waals surface area contributed by atoms with E-state index in [0.29, 0.717) is 45.1 Å². The van der Waals surface area contributed by atoms with Crippen LogP contribution in [0, 0.1) is 0 Å². The maximum atomic E-state index is 14.2. The first-order chi connectivity index (χ1) is 16.5. The quantitative estimate of drug-likeness (QED) is 0.560. The number of alkyl halides is 3. The van der Waals surface area contributed by atoms with Crippen molar-refractivity contribution in [3.05, 3.63) is 23.8 Å². The van der Waals surface area contributed by atoms with Gasteiger partial charge in [0, 0.05) is 51.7 Å². The smallest absolute Gasteiger partial charge is 0.339 e. The van der Waals surface area contributed by atoms with Crippen molar-refractivity contribution in [2.45, 2.75) is 55.3 Å². The normalized spacial score (nSPS) is 21.3. The third-order valence-corrected chi connectivity index (χ3v) is 8.23. The van der Waals surface area contributed by atoms with Crippen LogP contribution in [0.5, 0.6) is 0 Å². The summed E-state index contributed by atoms with van der Waals surface area (Å²) in [5.41, 5.74) is 3.75. The first-order valence-corrected chi connectivity index (χ1v) is 13.3. The van der Waals surface area contributed by atoms with E-state index in [-0.39, 0.29) is 13.0 Å². The van der Waals surface area contributed by atoms with Crippen LogP contribution in [0.4, 0.5) is 18.9 Å². The molecule has 0 spiro atoms. The van der Waals surface area contributed by atoms with Crippen LogP contribution in [-0.4, -0.2) is 81.4 Å². The summed E-state index contributed by atoms with van der Waals surface area (Å²) < 4.78 is 70.9. The maximum Gasteiger partial charge on any atom is 0.419 e. The number of benzene rings is 1. The molecule has 2 aliphatic heterocycles. The molecular weight excluding hydrogens is 487 g/mol. The molecule has 35 heavy (non-hydrogen) atoms. The Morgan fingerprint density at radius 3 is 2.37 bits per heavy atom. The van der Waals surface area contributed by atoms with E-state index < -0.39 is 56.7 Å². The van der Waals surface area contributed by atoms with E-state index in [1.807, 2.05) is 0 Å². The minimum Gasteiger partial charge on any atom is -0.339 e. The number of hydrogen-bond acceptors (Lipinski definition) is 6. The summed E-state index contributed by atoms with van der Waals surface area (Å²) in [5, 5.41) is 0. The fourth-order valence-electron chi connectivity index (χ4n) is 4.73. The van der Waals surface area contributed by atoms with Gasteiger partial charge in [-0.25, -0.2) is 8.42 Å². The number of anilines is 1. The molecule has 2 saturated heterocycles. The molecule has 0 unspecified atom stereocenters. The fourth-order valence-corrected chi connectivity index (χ4v) is 6.18. The summed E-state index contributed by atoms with van der Waals surface area (Å²) in [6, 6.07) is 2.22. The van der Waals surface area contributed by atoms with Gasteiger partial charge in [-0.15, -0.1) is 0 Å². The molecule has 0 bridgehead atoms. The Labute approximate surface area is 202 Å². The van der Waals surface area contributed by atoms with E-state index in [2.05, 4.69) is 9.62 Å². The van der Waals surface area contributed by atoms with Gasteiger partial charge in [0.1, 0.15) is 6.04 Å². The van der Waals surface area contributed by atoms with Gasteiger partial charge in [0.05, 0.1) is 16.1 Å². The van der Waals surface area contributed by atoms with Crippen molar-refractivity contribution in [1.29, 1.82) is 0 Å². The Hall–Kier alpha value is -2.22. The zero-order chi connectivity index (χ0) is 25.4. The molecule has 3 fully saturated rings. The molecular formula is C22H30F3N5O4S. The predicted molar refractivity (Wildman–Crippen MR) is 122 cm³/mol. The van der Waals surface area contributed by atoms with Gasteiger partial charge in [0.25, 0.3) is 0 Å². The van der Waals surface area contributed by atoms with Gasteiger partial charge in [-0.3, -0.25) is 14.5 Å². The minimum absolute atomic E-state index is 0.0651. The molecule has 0 radical (unpaired) electrons. The number of carbonyl (C=O) groups is 2. The van der Waals surface area contributed by atoms with Crippen LogP contribution < -0.4 is 15.4 Å². The van der Waals surface area contributed by atoms with E-state index in [1.54, 1.807) is 0 Å². The van der Waals surface area contributed by atoms with Crippen LogP contribution in [0.15, 0.2) is 23.1 Å². The number of carbonyl (C=O) groups excluding carboxylic acids is 2. The van der Waals surface area contributed by atoms with Gasteiger partial charge in [0.2, 0.25) is 21.8 Å². The summed E-state index contributed by atoms with van der Waals surface area (Å²) in [6.07, 6.45) is -1.64.